The summed E-state index contributed by atoms with van der Waals surface area (Å²) in [6.45, 7) is 7.26. The van der Waals surface area contributed by atoms with Gasteiger partial charge in [0.05, 0.1) is 11.3 Å². The molecule has 1 N–H and O–H groups in total. The van der Waals surface area contributed by atoms with E-state index in [0.29, 0.717) is 40.6 Å². The maximum Gasteiger partial charge on any atom is 0.235 e. The topological polar surface area (TPSA) is 92.8 Å². The number of aromatic nitrogens is 3. The lowest BCUT2D eigenvalue weighted by Gasteiger charge is -2.17. The molecule has 0 fully saturated rings. The van der Waals surface area contributed by atoms with Crippen LogP contribution < -0.4 is 10.1 Å². The van der Waals surface area contributed by atoms with Crippen molar-refractivity contribution in [1.82, 2.24) is 14.8 Å². The lowest BCUT2D eigenvalue weighted by atomic mass is 9.89. The van der Waals surface area contributed by atoms with E-state index in [1.165, 1.54) is 22.2 Å². The average Bonchev–Trinajstić information content (AvgIpc) is 3.36. The molecule has 172 valence electrons. The fourth-order valence-electron chi connectivity index (χ4n) is 3.88. The van der Waals surface area contributed by atoms with Crippen LogP contribution in [0.3, 0.4) is 0 Å². The molecule has 1 aliphatic carbocycles. The van der Waals surface area contributed by atoms with Crippen LogP contribution in [0, 0.1) is 24.2 Å². The molecule has 4 rings (SSSR count). The van der Waals surface area contributed by atoms with Crippen LogP contribution in [-0.2, 0) is 30.8 Å². The summed E-state index contributed by atoms with van der Waals surface area (Å²) in [4.78, 5) is 13.9. The molecule has 1 aliphatic rings. The molecule has 0 aliphatic heterocycles. The summed E-state index contributed by atoms with van der Waals surface area (Å²) in [7, 11) is 0. The van der Waals surface area contributed by atoms with Gasteiger partial charge in [0.2, 0.25) is 5.91 Å². The van der Waals surface area contributed by atoms with E-state index < -0.39 is 0 Å². The van der Waals surface area contributed by atoms with Gasteiger partial charge in [0, 0.05) is 11.4 Å². The SMILES string of the molecule is CCn1c(COc2ccc(C)cc2)nnc1SCC(=O)Nc1sc2c(c1C#N)CCC(C)C2. The molecular weight excluding hydrogens is 454 g/mol. The molecule has 1 amide bonds. The van der Waals surface area contributed by atoms with Crippen LogP contribution in [0.4, 0.5) is 5.00 Å². The predicted octanol–water partition coefficient (Wildman–Crippen LogP) is 4.97. The van der Waals surface area contributed by atoms with Gasteiger partial charge in [-0.3, -0.25) is 4.79 Å². The number of carbonyl (C=O) groups is 1. The minimum Gasteiger partial charge on any atom is -0.486 e. The highest BCUT2D eigenvalue weighted by Gasteiger charge is 2.25. The second kappa shape index (κ2) is 10.4. The number of rotatable bonds is 8. The minimum atomic E-state index is -0.147. The molecule has 3 aromatic rings. The lowest BCUT2D eigenvalue weighted by Crippen LogP contribution is -2.15. The third-order valence-electron chi connectivity index (χ3n) is 5.71. The molecule has 1 aromatic carbocycles. The number of carbonyl (C=O) groups excluding carboxylic acids is 1. The van der Waals surface area contributed by atoms with Crippen LogP contribution in [-0.4, -0.2) is 26.4 Å². The van der Waals surface area contributed by atoms with E-state index in [1.807, 2.05) is 42.7 Å². The Labute approximate surface area is 202 Å². The van der Waals surface area contributed by atoms with Crippen LogP contribution in [0.1, 0.15) is 47.7 Å². The Bertz CT molecular complexity index is 1180. The summed E-state index contributed by atoms with van der Waals surface area (Å²) in [5, 5.41) is 22.4. The van der Waals surface area contributed by atoms with Crippen molar-refractivity contribution < 1.29 is 9.53 Å². The van der Waals surface area contributed by atoms with Crippen molar-refractivity contribution in [2.45, 2.75) is 58.3 Å². The van der Waals surface area contributed by atoms with E-state index in [-0.39, 0.29) is 11.7 Å². The number of fused-ring (bicyclic) bond motifs is 1. The molecule has 2 heterocycles. The summed E-state index contributed by atoms with van der Waals surface area (Å²) in [6, 6.07) is 10.2. The van der Waals surface area contributed by atoms with Crippen LogP contribution in [0.25, 0.3) is 0 Å². The summed E-state index contributed by atoms with van der Waals surface area (Å²) in [6.07, 6.45) is 2.98. The fraction of sp³-hybridized carbons (Fsp3) is 0.417. The van der Waals surface area contributed by atoms with Crippen LogP contribution in [0.2, 0.25) is 0 Å². The maximum absolute atomic E-state index is 12.7. The van der Waals surface area contributed by atoms with E-state index in [1.54, 1.807) is 11.3 Å². The van der Waals surface area contributed by atoms with Gasteiger partial charge < -0.3 is 14.6 Å². The van der Waals surface area contributed by atoms with Crippen LogP contribution >= 0.6 is 23.1 Å². The van der Waals surface area contributed by atoms with E-state index in [0.717, 1.165) is 30.6 Å². The maximum atomic E-state index is 12.7. The average molecular weight is 482 g/mol. The van der Waals surface area contributed by atoms with Crippen molar-refractivity contribution in [3.05, 3.63) is 51.7 Å². The molecule has 0 saturated carbocycles. The number of nitriles is 1. The first kappa shape index (κ1) is 23.3. The van der Waals surface area contributed by atoms with Gasteiger partial charge in [-0.05, 0) is 56.7 Å². The van der Waals surface area contributed by atoms with Gasteiger partial charge in [-0.2, -0.15) is 5.26 Å². The van der Waals surface area contributed by atoms with Crippen molar-refractivity contribution in [3.8, 4) is 11.8 Å². The number of nitrogens with one attached hydrogen (secondary N) is 1. The van der Waals surface area contributed by atoms with E-state index in [9.17, 15) is 10.1 Å². The number of thiophene rings is 1. The number of thioether (sulfide) groups is 1. The van der Waals surface area contributed by atoms with Gasteiger partial charge >= 0.3 is 0 Å². The summed E-state index contributed by atoms with van der Waals surface area (Å²) < 4.78 is 7.80. The van der Waals surface area contributed by atoms with Gasteiger partial charge in [0.25, 0.3) is 0 Å². The fourth-order valence-corrected chi connectivity index (χ4v) is 6.08. The van der Waals surface area contributed by atoms with Crippen molar-refractivity contribution in [2.75, 3.05) is 11.1 Å². The normalized spacial score (nSPS) is 15.0. The molecule has 7 nitrogen and oxygen atoms in total. The molecule has 1 atom stereocenters. The number of hydrogen-bond donors (Lipinski definition) is 1. The van der Waals surface area contributed by atoms with Crippen molar-refractivity contribution in [3.63, 3.8) is 0 Å². The molecule has 1 unspecified atom stereocenters. The summed E-state index contributed by atoms with van der Waals surface area (Å²) >= 11 is 2.88. The monoisotopic (exact) mass is 481 g/mol. The van der Waals surface area contributed by atoms with Crippen LogP contribution in [0.15, 0.2) is 29.4 Å². The highest BCUT2D eigenvalue weighted by atomic mass is 32.2. The van der Waals surface area contributed by atoms with Crippen LogP contribution in [0.5, 0.6) is 5.75 Å². The largest absolute Gasteiger partial charge is 0.486 e. The number of nitrogens with zero attached hydrogens (tertiary/aromatic N) is 4. The number of anilines is 1. The number of hydrogen-bond acceptors (Lipinski definition) is 7. The van der Waals surface area contributed by atoms with E-state index >= 15 is 0 Å². The second-order valence-electron chi connectivity index (χ2n) is 8.25. The Kier molecular flexibility index (Phi) is 7.36. The lowest BCUT2D eigenvalue weighted by molar-refractivity contribution is -0.113. The first-order valence-electron chi connectivity index (χ1n) is 11.1. The minimum absolute atomic E-state index is 0.147. The van der Waals surface area contributed by atoms with E-state index in [2.05, 4.69) is 28.5 Å². The van der Waals surface area contributed by atoms with Gasteiger partial charge in [-0.1, -0.05) is 36.4 Å². The Balaban J connectivity index is 1.37. The number of amides is 1. The second-order valence-corrected chi connectivity index (χ2v) is 10.3. The molecule has 33 heavy (non-hydrogen) atoms. The standard InChI is InChI=1S/C24H27N5O2S2/c1-4-29-21(13-31-17-8-5-15(2)6-9-17)27-28-24(29)32-14-22(30)26-23-19(12-25)18-10-7-16(3)11-20(18)33-23/h5-6,8-9,16H,4,7,10-11,13-14H2,1-3H3,(H,26,30). The molecule has 9 heteroatoms. The molecule has 0 spiro atoms. The Morgan fingerprint density at radius 2 is 2.15 bits per heavy atom. The Morgan fingerprint density at radius 3 is 2.88 bits per heavy atom. The Morgan fingerprint density at radius 1 is 1.36 bits per heavy atom. The smallest absolute Gasteiger partial charge is 0.235 e. The first-order valence-corrected chi connectivity index (χ1v) is 12.9. The molecule has 0 radical (unpaired) electrons. The summed E-state index contributed by atoms with van der Waals surface area (Å²) in [5.74, 6) is 2.16. The number of ether oxygens (including phenoxy) is 1. The zero-order valence-electron chi connectivity index (χ0n) is 19.1. The third kappa shape index (κ3) is 5.40. The van der Waals surface area contributed by atoms with Crippen molar-refractivity contribution >= 4 is 34.0 Å². The Hall–Kier alpha value is -2.83. The molecule has 0 bridgehead atoms. The summed E-state index contributed by atoms with van der Waals surface area (Å²) in [5.41, 5.74) is 2.93. The molecule has 0 saturated heterocycles. The van der Waals surface area contributed by atoms with Gasteiger partial charge in [-0.15, -0.1) is 21.5 Å². The molecule has 2 aromatic heterocycles. The van der Waals surface area contributed by atoms with Gasteiger partial charge in [0.15, 0.2) is 11.0 Å². The van der Waals surface area contributed by atoms with Crippen molar-refractivity contribution in [2.24, 2.45) is 5.92 Å². The number of benzene rings is 1. The first-order chi connectivity index (χ1) is 16.0. The van der Waals surface area contributed by atoms with Gasteiger partial charge in [-0.25, -0.2) is 0 Å². The predicted molar refractivity (Wildman–Crippen MR) is 131 cm³/mol. The quantitative estimate of drug-likeness (QED) is 0.457. The molecular formula is C24H27N5O2S2. The zero-order valence-corrected chi connectivity index (χ0v) is 20.7. The third-order valence-corrected chi connectivity index (χ3v) is 7.84. The van der Waals surface area contributed by atoms with Crippen molar-refractivity contribution in [1.29, 1.82) is 5.26 Å². The highest BCUT2D eigenvalue weighted by molar-refractivity contribution is 7.99. The van der Waals surface area contributed by atoms with E-state index in [4.69, 9.17) is 4.74 Å². The highest BCUT2D eigenvalue weighted by Crippen LogP contribution is 2.39. The zero-order chi connectivity index (χ0) is 23.4. The number of aryl methyl sites for hydroxylation is 1. The van der Waals surface area contributed by atoms with Gasteiger partial charge in [0.1, 0.15) is 23.4 Å².